The molecule has 0 aliphatic carbocycles. The molecule has 2 N–H and O–H groups in total. The van der Waals surface area contributed by atoms with Crippen LogP contribution >= 0.6 is 11.6 Å². The topological polar surface area (TPSA) is 102 Å². The molecule has 0 spiro atoms. The van der Waals surface area contributed by atoms with Crippen molar-refractivity contribution in [2.75, 3.05) is 19.7 Å². The lowest BCUT2D eigenvalue weighted by Gasteiger charge is -2.08. The Labute approximate surface area is 144 Å². The lowest BCUT2D eigenvalue weighted by Crippen LogP contribution is -2.30. The Kier molecular flexibility index (Phi) is 8.09. The van der Waals surface area contributed by atoms with Gasteiger partial charge in [0.2, 0.25) is 10.0 Å². The summed E-state index contributed by atoms with van der Waals surface area (Å²) in [5, 5.41) is 2.20. The van der Waals surface area contributed by atoms with Crippen LogP contribution in [0.4, 0.5) is 4.39 Å². The van der Waals surface area contributed by atoms with Crippen LogP contribution in [0.3, 0.4) is 0 Å². The molecule has 0 unspecified atom stereocenters. The lowest BCUT2D eigenvalue weighted by molar-refractivity contribution is -0.148. The summed E-state index contributed by atoms with van der Waals surface area (Å²) in [6, 6.07) is 2.95. The van der Waals surface area contributed by atoms with Gasteiger partial charge in [-0.1, -0.05) is 18.5 Å². The summed E-state index contributed by atoms with van der Waals surface area (Å²) >= 11 is 5.53. The second-order valence-electron chi connectivity index (χ2n) is 4.73. The Balaban J connectivity index is 2.41. The van der Waals surface area contributed by atoms with E-state index in [1.54, 1.807) is 0 Å². The van der Waals surface area contributed by atoms with Gasteiger partial charge in [0.1, 0.15) is 5.82 Å². The number of benzene rings is 1. The van der Waals surface area contributed by atoms with Crippen LogP contribution in [-0.4, -0.2) is 40.0 Å². The van der Waals surface area contributed by atoms with Gasteiger partial charge in [-0.25, -0.2) is 17.5 Å². The number of amides is 1. The Morgan fingerprint density at radius 2 is 2.00 bits per heavy atom. The zero-order valence-corrected chi connectivity index (χ0v) is 14.5. The minimum atomic E-state index is -3.93. The van der Waals surface area contributed by atoms with Crippen molar-refractivity contribution in [3.05, 3.63) is 29.0 Å². The van der Waals surface area contributed by atoms with Crippen LogP contribution in [0.1, 0.15) is 19.8 Å². The smallest absolute Gasteiger partial charge is 0.307 e. The largest absolute Gasteiger partial charge is 0.456 e. The SMILES string of the molecule is CCCNC(=O)COC(=O)CCNS(=O)(=O)c1ccc(F)c(Cl)c1. The highest BCUT2D eigenvalue weighted by Gasteiger charge is 2.16. The maximum atomic E-state index is 13.0. The molecule has 7 nitrogen and oxygen atoms in total. The van der Waals surface area contributed by atoms with E-state index in [-0.39, 0.29) is 22.9 Å². The van der Waals surface area contributed by atoms with Gasteiger partial charge >= 0.3 is 5.97 Å². The highest BCUT2D eigenvalue weighted by Crippen LogP contribution is 2.19. The molecule has 0 bridgehead atoms. The summed E-state index contributed by atoms with van der Waals surface area (Å²) in [5.74, 6) is -1.88. The van der Waals surface area contributed by atoms with E-state index in [9.17, 15) is 22.4 Å². The minimum Gasteiger partial charge on any atom is -0.456 e. The van der Waals surface area contributed by atoms with Crippen LogP contribution in [0.5, 0.6) is 0 Å². The summed E-state index contributed by atoms with van der Waals surface area (Å²) in [6.07, 6.45) is 0.504. The first kappa shape index (κ1) is 20.3. The standard InChI is InChI=1S/C14H18ClFN2O5S/c1-2-6-17-13(19)9-23-14(20)5-7-18-24(21,22)10-3-4-12(16)11(15)8-10/h3-4,8,18H,2,5-7,9H2,1H3,(H,17,19). The van der Waals surface area contributed by atoms with Crippen LogP contribution in [0, 0.1) is 5.82 Å². The van der Waals surface area contributed by atoms with E-state index in [1.165, 1.54) is 0 Å². The average Bonchev–Trinajstić information content (AvgIpc) is 2.53. The van der Waals surface area contributed by atoms with Crippen LogP contribution in [0.15, 0.2) is 23.1 Å². The number of hydrogen-bond donors (Lipinski definition) is 2. The molecule has 0 radical (unpaired) electrons. The fourth-order valence-corrected chi connectivity index (χ4v) is 2.85. The molecule has 1 aromatic carbocycles. The summed E-state index contributed by atoms with van der Waals surface area (Å²) < 4.78 is 43.8. The molecule has 0 atom stereocenters. The van der Waals surface area contributed by atoms with Gasteiger partial charge in [0, 0.05) is 13.1 Å². The maximum Gasteiger partial charge on any atom is 0.307 e. The third kappa shape index (κ3) is 6.81. The molecule has 24 heavy (non-hydrogen) atoms. The van der Waals surface area contributed by atoms with Gasteiger partial charge in [-0.2, -0.15) is 0 Å². The number of hydrogen-bond acceptors (Lipinski definition) is 5. The number of esters is 1. The number of carbonyl (C=O) groups is 2. The van der Waals surface area contributed by atoms with Gasteiger partial charge in [0.05, 0.1) is 16.3 Å². The van der Waals surface area contributed by atoms with Crippen molar-refractivity contribution in [1.82, 2.24) is 10.0 Å². The van der Waals surface area contributed by atoms with Gasteiger partial charge in [-0.05, 0) is 24.6 Å². The van der Waals surface area contributed by atoms with Crippen LogP contribution in [0.2, 0.25) is 5.02 Å². The zero-order chi connectivity index (χ0) is 18.2. The number of rotatable bonds is 9. The number of sulfonamides is 1. The zero-order valence-electron chi connectivity index (χ0n) is 13.0. The second-order valence-corrected chi connectivity index (χ2v) is 6.91. The Hall–Kier alpha value is -1.71. The quantitative estimate of drug-likeness (QED) is 0.627. The molecule has 0 heterocycles. The van der Waals surface area contributed by atoms with Crippen LogP contribution in [-0.2, 0) is 24.3 Å². The summed E-state index contributed by atoms with van der Waals surface area (Å²) in [7, 11) is -3.93. The number of ether oxygens (including phenoxy) is 1. The molecule has 1 amide bonds. The van der Waals surface area contributed by atoms with Crippen LogP contribution in [0.25, 0.3) is 0 Å². The predicted molar refractivity (Wildman–Crippen MR) is 85.5 cm³/mol. The molecular weight excluding hydrogens is 363 g/mol. The van der Waals surface area contributed by atoms with Crippen molar-refractivity contribution >= 4 is 33.5 Å². The normalized spacial score (nSPS) is 11.1. The number of carbonyl (C=O) groups excluding carboxylic acids is 2. The molecule has 0 saturated carbocycles. The van der Waals surface area contributed by atoms with E-state index in [4.69, 9.17) is 16.3 Å². The van der Waals surface area contributed by atoms with Gasteiger partial charge in [-0.15, -0.1) is 0 Å². The van der Waals surface area contributed by atoms with E-state index >= 15 is 0 Å². The third-order valence-corrected chi connectivity index (χ3v) is 4.51. The molecular formula is C14H18ClFN2O5S. The first-order valence-corrected chi connectivity index (χ1v) is 8.99. The lowest BCUT2D eigenvalue weighted by atomic mass is 10.3. The second kappa shape index (κ2) is 9.55. The van der Waals surface area contributed by atoms with Crippen LogP contribution < -0.4 is 10.0 Å². The van der Waals surface area contributed by atoms with E-state index in [0.717, 1.165) is 24.6 Å². The Morgan fingerprint density at radius 1 is 1.29 bits per heavy atom. The summed E-state index contributed by atoms with van der Waals surface area (Å²) in [5.41, 5.74) is 0. The molecule has 1 aromatic rings. The van der Waals surface area contributed by atoms with Gasteiger partial charge in [-0.3, -0.25) is 9.59 Å². The molecule has 0 fully saturated rings. The Morgan fingerprint density at radius 3 is 2.62 bits per heavy atom. The van der Waals surface area contributed by atoms with Gasteiger partial charge < -0.3 is 10.1 Å². The molecule has 0 aliphatic rings. The maximum absolute atomic E-state index is 13.0. The highest BCUT2D eigenvalue weighted by atomic mass is 35.5. The van der Waals surface area contributed by atoms with Crippen molar-refractivity contribution in [2.45, 2.75) is 24.7 Å². The first-order chi connectivity index (χ1) is 11.3. The van der Waals surface area contributed by atoms with E-state index in [2.05, 4.69) is 10.0 Å². The van der Waals surface area contributed by atoms with E-state index in [1.807, 2.05) is 6.92 Å². The minimum absolute atomic E-state index is 0.221. The monoisotopic (exact) mass is 380 g/mol. The van der Waals surface area contributed by atoms with Crippen molar-refractivity contribution in [2.24, 2.45) is 0 Å². The first-order valence-electron chi connectivity index (χ1n) is 7.13. The predicted octanol–water partition coefficient (Wildman–Crippen LogP) is 1.22. The molecule has 0 aliphatic heterocycles. The fourth-order valence-electron chi connectivity index (χ4n) is 1.55. The highest BCUT2D eigenvalue weighted by molar-refractivity contribution is 7.89. The summed E-state index contributed by atoms with van der Waals surface area (Å²) in [6.45, 7) is 1.72. The molecule has 0 aromatic heterocycles. The van der Waals surface area contributed by atoms with Crippen molar-refractivity contribution in [1.29, 1.82) is 0 Å². The van der Waals surface area contributed by atoms with Gasteiger partial charge in [0.25, 0.3) is 5.91 Å². The molecule has 10 heteroatoms. The summed E-state index contributed by atoms with van der Waals surface area (Å²) in [4.78, 5) is 22.5. The molecule has 1 rings (SSSR count). The Bertz CT molecular complexity index is 696. The number of halogens is 2. The van der Waals surface area contributed by atoms with Gasteiger partial charge in [0.15, 0.2) is 6.61 Å². The van der Waals surface area contributed by atoms with Crippen molar-refractivity contribution in [3.63, 3.8) is 0 Å². The molecule has 134 valence electrons. The molecule has 0 saturated heterocycles. The van der Waals surface area contributed by atoms with E-state index in [0.29, 0.717) is 6.54 Å². The average molecular weight is 381 g/mol. The van der Waals surface area contributed by atoms with Crippen molar-refractivity contribution in [3.8, 4) is 0 Å². The fraction of sp³-hybridized carbons (Fsp3) is 0.429. The van der Waals surface area contributed by atoms with E-state index < -0.39 is 34.3 Å². The number of nitrogens with one attached hydrogen (secondary N) is 2. The van der Waals surface area contributed by atoms with Crippen molar-refractivity contribution < 1.29 is 27.1 Å². The third-order valence-electron chi connectivity index (χ3n) is 2.76.